The number of alkyl halides is 2. The average molecular weight is 199 g/mol. The average Bonchev–Trinajstić information content (AvgIpc) is 2.45. The maximum absolute atomic E-state index is 13.0. The van der Waals surface area contributed by atoms with Crippen LogP contribution in [0.3, 0.4) is 0 Å². The van der Waals surface area contributed by atoms with Crippen LogP contribution in [-0.4, -0.2) is 17.1 Å². The van der Waals surface area contributed by atoms with Crippen molar-refractivity contribution in [2.45, 2.75) is 25.3 Å². The van der Waals surface area contributed by atoms with Crippen LogP contribution in [0.5, 0.6) is 5.75 Å². The fraction of sp³-hybridized carbons (Fsp3) is 0.400. The van der Waals surface area contributed by atoms with E-state index in [9.17, 15) is 13.9 Å². The molecule has 1 atom stereocenters. The number of anilines is 1. The zero-order chi connectivity index (χ0) is 10.3. The second-order valence-electron chi connectivity index (χ2n) is 3.70. The van der Waals surface area contributed by atoms with Crippen LogP contribution in [0.1, 0.15) is 12.5 Å². The molecule has 2 nitrogen and oxygen atoms in total. The number of aromatic hydroxyl groups is 1. The van der Waals surface area contributed by atoms with Gasteiger partial charge in [-0.2, -0.15) is 0 Å². The summed E-state index contributed by atoms with van der Waals surface area (Å²) in [5, 5.41) is 11.9. The van der Waals surface area contributed by atoms with Crippen LogP contribution in [0.2, 0.25) is 0 Å². The molecular weight excluding hydrogens is 188 g/mol. The molecule has 0 amide bonds. The molecule has 76 valence electrons. The minimum Gasteiger partial charge on any atom is -0.508 e. The number of phenolic OH excluding ortho intramolecular Hbond substituents is 1. The molecule has 2 rings (SSSR count). The first-order valence-electron chi connectivity index (χ1n) is 4.43. The minimum atomic E-state index is -2.74. The van der Waals surface area contributed by atoms with Crippen molar-refractivity contribution in [3.63, 3.8) is 0 Å². The first kappa shape index (κ1) is 9.24. The Morgan fingerprint density at radius 3 is 2.86 bits per heavy atom. The molecule has 1 aromatic carbocycles. The predicted octanol–water partition coefficient (Wildman–Crippen LogP) is 2.38. The Morgan fingerprint density at radius 2 is 2.21 bits per heavy atom. The van der Waals surface area contributed by atoms with Crippen molar-refractivity contribution in [2.24, 2.45) is 0 Å². The lowest BCUT2D eigenvalue weighted by molar-refractivity contribution is 0.00370. The second kappa shape index (κ2) is 2.83. The third-order valence-corrected chi connectivity index (χ3v) is 2.45. The summed E-state index contributed by atoms with van der Waals surface area (Å²) < 4.78 is 25.9. The molecular formula is C10H11F2NO. The topological polar surface area (TPSA) is 32.3 Å². The molecule has 0 aliphatic carbocycles. The van der Waals surface area contributed by atoms with Gasteiger partial charge in [0.05, 0.1) is 6.04 Å². The first-order valence-corrected chi connectivity index (χ1v) is 4.43. The van der Waals surface area contributed by atoms with E-state index in [2.05, 4.69) is 5.32 Å². The van der Waals surface area contributed by atoms with Gasteiger partial charge < -0.3 is 10.4 Å². The van der Waals surface area contributed by atoms with E-state index < -0.39 is 12.0 Å². The maximum Gasteiger partial charge on any atom is 0.265 e. The largest absolute Gasteiger partial charge is 0.508 e. The highest BCUT2D eigenvalue weighted by molar-refractivity contribution is 5.59. The van der Waals surface area contributed by atoms with Gasteiger partial charge in [0.25, 0.3) is 5.92 Å². The van der Waals surface area contributed by atoms with Crippen LogP contribution in [-0.2, 0) is 6.42 Å². The van der Waals surface area contributed by atoms with E-state index in [-0.39, 0.29) is 12.2 Å². The van der Waals surface area contributed by atoms with Crippen LogP contribution >= 0.6 is 0 Å². The van der Waals surface area contributed by atoms with Crippen molar-refractivity contribution < 1.29 is 13.9 Å². The van der Waals surface area contributed by atoms with Gasteiger partial charge in [0, 0.05) is 19.0 Å². The van der Waals surface area contributed by atoms with E-state index in [1.165, 1.54) is 12.1 Å². The van der Waals surface area contributed by atoms with Crippen LogP contribution < -0.4 is 5.32 Å². The fourth-order valence-electron chi connectivity index (χ4n) is 1.65. The molecule has 4 heteroatoms. The summed E-state index contributed by atoms with van der Waals surface area (Å²) in [6.45, 7) is 0.899. The lowest BCUT2D eigenvalue weighted by Gasteiger charge is -2.18. The number of fused-ring (bicyclic) bond motifs is 1. The minimum absolute atomic E-state index is 0.116. The summed E-state index contributed by atoms with van der Waals surface area (Å²) in [5.41, 5.74) is 1.44. The lowest BCUT2D eigenvalue weighted by Crippen LogP contribution is -2.35. The smallest absolute Gasteiger partial charge is 0.265 e. The Morgan fingerprint density at radius 1 is 1.50 bits per heavy atom. The Balaban J connectivity index is 2.26. The van der Waals surface area contributed by atoms with Crippen molar-refractivity contribution in [1.82, 2.24) is 0 Å². The lowest BCUT2D eigenvalue weighted by atomic mass is 10.1. The predicted molar refractivity (Wildman–Crippen MR) is 49.8 cm³/mol. The summed E-state index contributed by atoms with van der Waals surface area (Å²) >= 11 is 0. The quantitative estimate of drug-likeness (QED) is 0.680. The SMILES string of the molecule is CC(F)(F)C1Cc2cc(O)ccc2N1. The number of nitrogens with one attached hydrogen (secondary N) is 1. The number of rotatable bonds is 1. The molecule has 1 aliphatic heterocycles. The highest BCUT2D eigenvalue weighted by Gasteiger charge is 2.38. The molecule has 14 heavy (non-hydrogen) atoms. The third-order valence-electron chi connectivity index (χ3n) is 2.45. The highest BCUT2D eigenvalue weighted by atomic mass is 19.3. The summed E-state index contributed by atoms with van der Waals surface area (Å²) in [5.74, 6) is -2.63. The molecule has 1 aromatic rings. The van der Waals surface area contributed by atoms with E-state index in [4.69, 9.17) is 0 Å². The molecule has 1 aliphatic rings. The van der Waals surface area contributed by atoms with Gasteiger partial charge in [0.1, 0.15) is 5.75 Å². The maximum atomic E-state index is 13.0. The van der Waals surface area contributed by atoms with Crippen molar-refractivity contribution in [1.29, 1.82) is 0 Å². The molecule has 0 bridgehead atoms. The van der Waals surface area contributed by atoms with Crippen molar-refractivity contribution >= 4 is 5.69 Å². The summed E-state index contributed by atoms with van der Waals surface area (Å²) in [4.78, 5) is 0. The van der Waals surface area contributed by atoms with E-state index >= 15 is 0 Å². The van der Waals surface area contributed by atoms with Crippen LogP contribution in [0.25, 0.3) is 0 Å². The first-order chi connectivity index (χ1) is 6.47. The van der Waals surface area contributed by atoms with Gasteiger partial charge in [-0.05, 0) is 23.8 Å². The van der Waals surface area contributed by atoms with Gasteiger partial charge in [-0.3, -0.25) is 0 Å². The molecule has 0 fully saturated rings. The summed E-state index contributed by atoms with van der Waals surface area (Å²) in [7, 11) is 0. The molecule has 1 unspecified atom stereocenters. The second-order valence-corrected chi connectivity index (χ2v) is 3.70. The van der Waals surface area contributed by atoms with Gasteiger partial charge in [-0.25, -0.2) is 8.78 Å². The molecule has 0 aromatic heterocycles. The van der Waals surface area contributed by atoms with E-state index in [1.54, 1.807) is 6.07 Å². The number of phenols is 1. The van der Waals surface area contributed by atoms with Gasteiger partial charge in [-0.15, -0.1) is 0 Å². The van der Waals surface area contributed by atoms with Crippen LogP contribution in [0.15, 0.2) is 18.2 Å². The molecule has 0 saturated carbocycles. The van der Waals surface area contributed by atoms with E-state index in [0.29, 0.717) is 5.69 Å². The van der Waals surface area contributed by atoms with Gasteiger partial charge in [0.15, 0.2) is 0 Å². The molecule has 2 N–H and O–H groups in total. The van der Waals surface area contributed by atoms with Gasteiger partial charge in [-0.1, -0.05) is 0 Å². The fourth-order valence-corrected chi connectivity index (χ4v) is 1.65. The van der Waals surface area contributed by atoms with Crippen LogP contribution in [0.4, 0.5) is 14.5 Å². The van der Waals surface area contributed by atoms with Crippen LogP contribution in [0, 0.1) is 0 Å². The molecule has 0 spiro atoms. The van der Waals surface area contributed by atoms with Crippen molar-refractivity contribution in [3.05, 3.63) is 23.8 Å². The zero-order valence-corrected chi connectivity index (χ0v) is 7.72. The zero-order valence-electron chi connectivity index (χ0n) is 7.72. The number of hydrogen-bond acceptors (Lipinski definition) is 2. The van der Waals surface area contributed by atoms with E-state index in [0.717, 1.165) is 12.5 Å². The normalized spacial score (nSPS) is 20.4. The standard InChI is InChI=1S/C10H11F2NO/c1-10(11,12)9-5-6-4-7(14)2-3-8(6)13-9/h2-4,9,13-14H,5H2,1H3. The molecule has 0 radical (unpaired) electrons. The monoisotopic (exact) mass is 199 g/mol. The Labute approximate surface area is 80.6 Å². The van der Waals surface area contributed by atoms with Gasteiger partial charge >= 0.3 is 0 Å². The third kappa shape index (κ3) is 1.52. The summed E-state index contributed by atoms with van der Waals surface area (Å²) in [6.07, 6.45) is 0.257. The Bertz CT molecular complexity index is 360. The highest BCUT2D eigenvalue weighted by Crippen LogP contribution is 2.34. The Kier molecular flexibility index (Phi) is 1.87. The number of benzene rings is 1. The summed E-state index contributed by atoms with van der Waals surface area (Å²) in [6, 6.07) is 3.77. The van der Waals surface area contributed by atoms with Crippen molar-refractivity contribution in [2.75, 3.05) is 5.32 Å². The van der Waals surface area contributed by atoms with Crippen molar-refractivity contribution in [3.8, 4) is 5.75 Å². The van der Waals surface area contributed by atoms with Gasteiger partial charge in [0.2, 0.25) is 0 Å². The molecule has 0 saturated heterocycles. The number of halogens is 2. The number of hydrogen-bond donors (Lipinski definition) is 2. The Hall–Kier alpha value is -1.32. The van der Waals surface area contributed by atoms with E-state index in [1.807, 2.05) is 0 Å². The molecule has 1 heterocycles.